The standard InChI is InChI=1S/C60H35N3OS/c1-4-20-43-39(17-1)40-18-2-5-21-44(40)59(43)45-22-6-3-19-41(45)42-33-49-56(34-48(42)59)65-55-29-12-7-23-46(55)60(49)47-24-14-30-61-57(47)58-50(60)32-37(35-62-58)36-15-13-16-38(31-36)63-51-25-8-10-27-53(51)64-54-28-11-9-26-52(54)63/h1-35H. The van der Waals surface area contributed by atoms with Crippen LogP contribution in [0.2, 0.25) is 0 Å². The van der Waals surface area contributed by atoms with Crippen LogP contribution in [-0.2, 0) is 10.8 Å². The number of pyridine rings is 2. The molecule has 5 aliphatic rings. The fourth-order valence-corrected chi connectivity index (χ4v) is 13.4. The van der Waals surface area contributed by atoms with Crippen molar-refractivity contribution in [2.24, 2.45) is 0 Å². The van der Waals surface area contributed by atoms with E-state index in [1.54, 1.807) is 0 Å². The minimum Gasteiger partial charge on any atom is -0.453 e. The first-order valence-electron chi connectivity index (χ1n) is 22.2. The Morgan fingerprint density at radius 1 is 0.385 bits per heavy atom. The smallest absolute Gasteiger partial charge is 0.151 e. The van der Waals surface area contributed by atoms with Crippen molar-refractivity contribution in [2.75, 3.05) is 4.90 Å². The van der Waals surface area contributed by atoms with E-state index in [1.807, 2.05) is 48.4 Å². The van der Waals surface area contributed by atoms with Crippen molar-refractivity contribution in [1.82, 2.24) is 9.97 Å². The van der Waals surface area contributed by atoms with E-state index in [-0.39, 0.29) is 0 Å². The topological polar surface area (TPSA) is 38.2 Å². The summed E-state index contributed by atoms with van der Waals surface area (Å²) in [6.45, 7) is 0. The molecule has 8 aromatic carbocycles. The number of rotatable bonds is 2. The van der Waals surface area contributed by atoms with Gasteiger partial charge < -0.3 is 9.64 Å². The molecule has 0 saturated carbocycles. The molecule has 1 unspecified atom stereocenters. The molecular weight excluding hydrogens is 811 g/mol. The van der Waals surface area contributed by atoms with E-state index < -0.39 is 10.8 Å². The summed E-state index contributed by atoms with van der Waals surface area (Å²) in [4.78, 5) is 15.4. The van der Waals surface area contributed by atoms with Gasteiger partial charge in [-0.2, -0.15) is 0 Å². The number of hydrogen-bond donors (Lipinski definition) is 0. The second-order valence-electron chi connectivity index (χ2n) is 17.6. The fourth-order valence-electron chi connectivity index (χ4n) is 12.2. The SMILES string of the molecule is c1cc(-c2cnc3c(c2)C2(c4ccccc4Sc4cc5c(cc42)-c2ccccc2C52c4ccccc4-c4ccccc42)c2cccnc2-3)cc(N2c3ccccc3Oc3ccccc32)c1. The Hall–Kier alpha value is -7.99. The summed E-state index contributed by atoms with van der Waals surface area (Å²) < 4.78 is 6.39. The fraction of sp³-hybridized carbons (Fsp3) is 0.0333. The molecule has 3 aliphatic carbocycles. The summed E-state index contributed by atoms with van der Waals surface area (Å²) in [5.74, 6) is 1.66. The largest absolute Gasteiger partial charge is 0.453 e. The normalized spacial score (nSPS) is 16.5. The van der Waals surface area contributed by atoms with Crippen LogP contribution in [0.4, 0.5) is 17.1 Å². The first-order valence-corrected chi connectivity index (χ1v) is 23.0. The van der Waals surface area contributed by atoms with Gasteiger partial charge in [-0.15, -0.1) is 0 Å². The average molecular weight is 846 g/mol. The molecule has 0 N–H and O–H groups in total. The van der Waals surface area contributed by atoms with E-state index >= 15 is 0 Å². The van der Waals surface area contributed by atoms with Crippen LogP contribution in [0.5, 0.6) is 11.5 Å². The lowest BCUT2D eigenvalue weighted by molar-refractivity contribution is 0.477. The molecule has 5 heteroatoms. The third-order valence-corrected chi connectivity index (χ3v) is 15.7. The summed E-state index contributed by atoms with van der Waals surface area (Å²) in [6.07, 6.45) is 3.96. The summed E-state index contributed by atoms with van der Waals surface area (Å²) in [5.41, 5.74) is 21.4. The van der Waals surface area contributed by atoms with Crippen LogP contribution in [0, 0.1) is 0 Å². The van der Waals surface area contributed by atoms with Gasteiger partial charge in [-0.1, -0.05) is 145 Å². The van der Waals surface area contributed by atoms with Crippen molar-refractivity contribution in [3.63, 3.8) is 0 Å². The van der Waals surface area contributed by atoms with E-state index in [1.165, 1.54) is 71.0 Å². The van der Waals surface area contributed by atoms with Crippen molar-refractivity contribution < 1.29 is 4.74 Å². The molecule has 65 heavy (non-hydrogen) atoms. The van der Waals surface area contributed by atoms with E-state index in [9.17, 15) is 0 Å². The summed E-state index contributed by atoms with van der Waals surface area (Å²) in [5, 5.41) is 0. The third kappa shape index (κ3) is 4.43. The summed E-state index contributed by atoms with van der Waals surface area (Å²) in [7, 11) is 0. The van der Waals surface area contributed by atoms with Crippen LogP contribution in [-0.4, -0.2) is 9.97 Å². The zero-order chi connectivity index (χ0) is 42.4. The molecule has 15 rings (SSSR count). The quantitative estimate of drug-likeness (QED) is 0.173. The molecule has 4 nitrogen and oxygen atoms in total. The minimum atomic E-state index is -0.677. The molecule has 302 valence electrons. The predicted molar refractivity (Wildman–Crippen MR) is 260 cm³/mol. The zero-order valence-electron chi connectivity index (χ0n) is 34.9. The van der Waals surface area contributed by atoms with Gasteiger partial charge in [0.2, 0.25) is 0 Å². The van der Waals surface area contributed by atoms with E-state index in [0.29, 0.717) is 0 Å². The van der Waals surface area contributed by atoms with Gasteiger partial charge in [0.15, 0.2) is 11.5 Å². The van der Waals surface area contributed by atoms with Gasteiger partial charge in [0.05, 0.1) is 33.6 Å². The third-order valence-electron chi connectivity index (χ3n) is 14.6. The maximum Gasteiger partial charge on any atom is 0.151 e. The van der Waals surface area contributed by atoms with Crippen molar-refractivity contribution in [2.45, 2.75) is 20.6 Å². The molecule has 2 spiro atoms. The minimum absolute atomic E-state index is 0.437. The summed E-state index contributed by atoms with van der Waals surface area (Å²) in [6, 6.07) is 73.5. The molecule has 0 radical (unpaired) electrons. The van der Waals surface area contributed by atoms with Gasteiger partial charge in [-0.3, -0.25) is 9.97 Å². The number of para-hydroxylation sites is 4. The molecule has 0 saturated heterocycles. The van der Waals surface area contributed by atoms with E-state index in [0.717, 1.165) is 56.6 Å². The molecule has 0 fully saturated rings. The number of fused-ring (bicyclic) bond motifs is 21. The van der Waals surface area contributed by atoms with E-state index in [2.05, 4.69) is 181 Å². The van der Waals surface area contributed by atoms with E-state index in [4.69, 9.17) is 14.7 Å². The molecule has 0 amide bonds. The highest BCUT2D eigenvalue weighted by Gasteiger charge is 2.56. The number of anilines is 3. The second-order valence-corrected chi connectivity index (χ2v) is 18.7. The number of benzene rings is 8. The van der Waals surface area contributed by atoms with Gasteiger partial charge in [0.25, 0.3) is 0 Å². The van der Waals surface area contributed by atoms with Crippen LogP contribution in [0.1, 0.15) is 44.5 Å². The zero-order valence-corrected chi connectivity index (χ0v) is 35.7. The maximum atomic E-state index is 6.39. The summed E-state index contributed by atoms with van der Waals surface area (Å²) >= 11 is 1.89. The Bertz CT molecular complexity index is 3630. The lowest BCUT2D eigenvalue weighted by atomic mass is 9.66. The average Bonchev–Trinajstić information content (AvgIpc) is 3.95. The maximum absolute atomic E-state index is 6.39. The Balaban J connectivity index is 0.981. The number of hydrogen-bond acceptors (Lipinski definition) is 5. The molecule has 4 heterocycles. The van der Waals surface area contributed by atoms with Gasteiger partial charge in [-0.25, -0.2) is 0 Å². The molecular formula is C60H35N3OS. The molecule has 2 aliphatic heterocycles. The van der Waals surface area contributed by atoms with Crippen LogP contribution < -0.4 is 9.64 Å². The van der Waals surface area contributed by atoms with Crippen LogP contribution in [0.3, 0.4) is 0 Å². The van der Waals surface area contributed by atoms with Crippen LogP contribution in [0.25, 0.3) is 44.8 Å². The lowest BCUT2D eigenvalue weighted by Crippen LogP contribution is -2.33. The first-order chi connectivity index (χ1) is 32.2. The number of ether oxygens (including phenoxy) is 1. The van der Waals surface area contributed by atoms with Crippen LogP contribution in [0.15, 0.2) is 222 Å². The molecule has 0 bridgehead atoms. The highest BCUT2D eigenvalue weighted by Crippen LogP contribution is 2.67. The second kappa shape index (κ2) is 12.8. The Morgan fingerprint density at radius 2 is 0.969 bits per heavy atom. The van der Waals surface area contributed by atoms with Crippen molar-refractivity contribution >= 4 is 28.8 Å². The number of nitrogens with zero attached hydrogens (tertiary/aromatic N) is 3. The van der Waals surface area contributed by atoms with Crippen molar-refractivity contribution in [3.05, 3.63) is 257 Å². The van der Waals surface area contributed by atoms with Crippen LogP contribution >= 0.6 is 11.8 Å². The first kappa shape index (κ1) is 35.5. The van der Waals surface area contributed by atoms with Crippen molar-refractivity contribution in [1.29, 1.82) is 0 Å². The molecule has 1 atom stereocenters. The van der Waals surface area contributed by atoms with Gasteiger partial charge >= 0.3 is 0 Å². The van der Waals surface area contributed by atoms with Gasteiger partial charge in [0, 0.05) is 39.0 Å². The van der Waals surface area contributed by atoms with Gasteiger partial charge in [-0.05, 0) is 133 Å². The lowest BCUT2D eigenvalue weighted by Gasteiger charge is -2.40. The highest BCUT2D eigenvalue weighted by molar-refractivity contribution is 7.99. The monoisotopic (exact) mass is 845 g/mol. The Kier molecular flexibility index (Phi) is 6.99. The van der Waals surface area contributed by atoms with Crippen molar-refractivity contribution in [3.8, 4) is 56.3 Å². The highest BCUT2D eigenvalue weighted by atomic mass is 32.2. The predicted octanol–water partition coefficient (Wildman–Crippen LogP) is 14.9. The molecule has 10 aromatic rings. The van der Waals surface area contributed by atoms with Gasteiger partial charge in [0.1, 0.15) is 0 Å². The number of aromatic nitrogens is 2. The molecule has 2 aromatic heterocycles. The Morgan fingerprint density at radius 3 is 1.69 bits per heavy atom. The Labute approximate surface area is 380 Å².